The summed E-state index contributed by atoms with van der Waals surface area (Å²) in [7, 11) is 0. The summed E-state index contributed by atoms with van der Waals surface area (Å²) in [6.07, 6.45) is 5.70. The maximum atomic E-state index is 4.22. The highest BCUT2D eigenvalue weighted by molar-refractivity contribution is 5.30. The molecule has 1 aromatic heterocycles. The number of nitrogens with zero attached hydrogens (tertiary/aromatic N) is 1. The first-order valence-corrected chi connectivity index (χ1v) is 5.30. The number of imidazole rings is 1. The number of benzene rings is 1. The summed E-state index contributed by atoms with van der Waals surface area (Å²) >= 11 is 0. The summed E-state index contributed by atoms with van der Waals surface area (Å²) in [4.78, 5) is 7.34. The summed E-state index contributed by atoms with van der Waals surface area (Å²) in [5, 5.41) is 0. The van der Waals surface area contributed by atoms with Crippen molar-refractivity contribution in [1.82, 2.24) is 9.97 Å². The molecule has 0 spiro atoms. The molecule has 2 heteroatoms. The van der Waals surface area contributed by atoms with E-state index in [4.69, 9.17) is 0 Å². The summed E-state index contributed by atoms with van der Waals surface area (Å²) in [5.74, 6) is 1.06. The molecule has 2 aromatic rings. The van der Waals surface area contributed by atoms with Crippen LogP contribution >= 0.6 is 0 Å². The quantitative estimate of drug-likeness (QED) is 0.811. The van der Waals surface area contributed by atoms with E-state index in [1.807, 2.05) is 6.20 Å². The molecule has 0 unspecified atom stereocenters. The highest BCUT2D eigenvalue weighted by Gasteiger charge is 1.99. The van der Waals surface area contributed by atoms with Gasteiger partial charge in [-0.1, -0.05) is 18.2 Å². The zero-order valence-corrected chi connectivity index (χ0v) is 9.25. The monoisotopic (exact) mass is 200 g/mol. The van der Waals surface area contributed by atoms with Crippen LogP contribution < -0.4 is 0 Å². The Morgan fingerprint density at radius 1 is 1.13 bits per heavy atom. The minimum atomic E-state index is 0.982. The third-order valence-corrected chi connectivity index (χ3v) is 2.78. The summed E-state index contributed by atoms with van der Waals surface area (Å²) in [5.41, 5.74) is 4.11. The van der Waals surface area contributed by atoms with E-state index in [1.54, 1.807) is 6.20 Å². The molecule has 1 heterocycles. The second kappa shape index (κ2) is 4.30. The van der Waals surface area contributed by atoms with Crippen LogP contribution in [0.5, 0.6) is 0 Å². The van der Waals surface area contributed by atoms with Gasteiger partial charge in [0.25, 0.3) is 0 Å². The Hall–Kier alpha value is -1.57. The normalized spacial score (nSPS) is 10.5. The molecular weight excluding hydrogens is 184 g/mol. The van der Waals surface area contributed by atoms with Crippen molar-refractivity contribution in [2.45, 2.75) is 26.7 Å². The van der Waals surface area contributed by atoms with Crippen LogP contribution in [-0.4, -0.2) is 9.97 Å². The second-order valence-electron chi connectivity index (χ2n) is 3.95. The first kappa shape index (κ1) is 9.97. The predicted octanol–water partition coefficient (Wildman–Crippen LogP) is 2.81. The molecule has 1 aromatic carbocycles. The van der Waals surface area contributed by atoms with Crippen molar-refractivity contribution >= 4 is 0 Å². The molecule has 0 radical (unpaired) electrons. The molecule has 0 atom stereocenters. The van der Waals surface area contributed by atoms with Gasteiger partial charge >= 0.3 is 0 Å². The molecule has 0 saturated heterocycles. The smallest absolute Gasteiger partial charge is 0.106 e. The van der Waals surface area contributed by atoms with Crippen LogP contribution in [0.1, 0.15) is 22.5 Å². The van der Waals surface area contributed by atoms with Crippen LogP contribution in [0, 0.1) is 13.8 Å². The number of aromatic amines is 1. The molecule has 78 valence electrons. The van der Waals surface area contributed by atoms with Gasteiger partial charge in [0, 0.05) is 18.8 Å². The number of aryl methyl sites for hydroxylation is 4. The van der Waals surface area contributed by atoms with Crippen LogP contribution in [0.4, 0.5) is 0 Å². The summed E-state index contributed by atoms with van der Waals surface area (Å²) < 4.78 is 0. The Labute approximate surface area is 90.4 Å². The molecule has 0 saturated carbocycles. The lowest BCUT2D eigenvalue weighted by atomic mass is 10.0. The largest absolute Gasteiger partial charge is 0.349 e. The zero-order chi connectivity index (χ0) is 10.7. The van der Waals surface area contributed by atoms with Gasteiger partial charge in [0.2, 0.25) is 0 Å². The Kier molecular flexibility index (Phi) is 2.86. The number of aromatic nitrogens is 2. The van der Waals surface area contributed by atoms with E-state index >= 15 is 0 Å². The van der Waals surface area contributed by atoms with Crippen molar-refractivity contribution in [3.05, 3.63) is 53.1 Å². The zero-order valence-electron chi connectivity index (χ0n) is 9.25. The number of hydrogen-bond donors (Lipinski definition) is 1. The predicted molar refractivity (Wildman–Crippen MR) is 61.9 cm³/mol. The fraction of sp³-hybridized carbons (Fsp3) is 0.308. The molecule has 0 amide bonds. The number of hydrogen-bond acceptors (Lipinski definition) is 1. The van der Waals surface area contributed by atoms with Gasteiger partial charge in [-0.3, -0.25) is 0 Å². The Balaban J connectivity index is 2.02. The Morgan fingerprint density at radius 2 is 2.00 bits per heavy atom. The van der Waals surface area contributed by atoms with E-state index in [1.165, 1.54) is 16.7 Å². The first-order chi connectivity index (χ1) is 7.25. The lowest BCUT2D eigenvalue weighted by molar-refractivity contribution is 0.882. The van der Waals surface area contributed by atoms with E-state index in [-0.39, 0.29) is 0 Å². The summed E-state index contributed by atoms with van der Waals surface area (Å²) in [6.45, 7) is 4.30. The molecular formula is C13H16N2. The fourth-order valence-electron chi connectivity index (χ4n) is 1.66. The lowest BCUT2D eigenvalue weighted by Crippen LogP contribution is -1.94. The van der Waals surface area contributed by atoms with Crippen LogP contribution in [0.25, 0.3) is 0 Å². The van der Waals surface area contributed by atoms with E-state index in [0.717, 1.165) is 18.7 Å². The van der Waals surface area contributed by atoms with E-state index in [2.05, 4.69) is 42.0 Å². The van der Waals surface area contributed by atoms with Gasteiger partial charge in [-0.25, -0.2) is 4.98 Å². The van der Waals surface area contributed by atoms with Gasteiger partial charge in [0.15, 0.2) is 0 Å². The second-order valence-corrected chi connectivity index (χ2v) is 3.95. The average Bonchev–Trinajstić information content (AvgIpc) is 2.73. The maximum absolute atomic E-state index is 4.22. The Morgan fingerprint density at radius 3 is 2.67 bits per heavy atom. The molecule has 2 rings (SSSR count). The topological polar surface area (TPSA) is 28.7 Å². The standard InChI is InChI=1S/C13H16N2/c1-10-3-4-12(9-11(10)2)5-6-13-14-7-8-15-13/h3-4,7-9H,5-6H2,1-2H3,(H,14,15). The van der Waals surface area contributed by atoms with E-state index in [0.29, 0.717) is 0 Å². The van der Waals surface area contributed by atoms with Crippen LogP contribution in [0.15, 0.2) is 30.6 Å². The average molecular weight is 200 g/mol. The lowest BCUT2D eigenvalue weighted by Gasteiger charge is -2.04. The van der Waals surface area contributed by atoms with Crippen molar-refractivity contribution in [2.24, 2.45) is 0 Å². The van der Waals surface area contributed by atoms with Gasteiger partial charge in [-0.05, 0) is 37.0 Å². The minimum absolute atomic E-state index is 0.982. The Bertz CT molecular complexity index is 430. The number of H-pyrrole nitrogens is 1. The number of rotatable bonds is 3. The van der Waals surface area contributed by atoms with E-state index in [9.17, 15) is 0 Å². The van der Waals surface area contributed by atoms with Crippen molar-refractivity contribution in [3.8, 4) is 0 Å². The molecule has 0 bridgehead atoms. The third kappa shape index (κ3) is 2.46. The molecule has 2 nitrogen and oxygen atoms in total. The van der Waals surface area contributed by atoms with Crippen molar-refractivity contribution in [2.75, 3.05) is 0 Å². The molecule has 0 fully saturated rings. The molecule has 0 aliphatic carbocycles. The van der Waals surface area contributed by atoms with Crippen LogP contribution in [-0.2, 0) is 12.8 Å². The molecule has 0 aliphatic heterocycles. The molecule has 1 N–H and O–H groups in total. The van der Waals surface area contributed by atoms with E-state index < -0.39 is 0 Å². The first-order valence-electron chi connectivity index (χ1n) is 5.30. The van der Waals surface area contributed by atoms with Gasteiger partial charge < -0.3 is 4.98 Å². The molecule has 15 heavy (non-hydrogen) atoms. The van der Waals surface area contributed by atoms with Crippen molar-refractivity contribution in [1.29, 1.82) is 0 Å². The van der Waals surface area contributed by atoms with Crippen molar-refractivity contribution in [3.63, 3.8) is 0 Å². The third-order valence-electron chi connectivity index (χ3n) is 2.78. The minimum Gasteiger partial charge on any atom is -0.349 e. The van der Waals surface area contributed by atoms with Crippen molar-refractivity contribution < 1.29 is 0 Å². The van der Waals surface area contributed by atoms with Gasteiger partial charge in [0.05, 0.1) is 0 Å². The fourth-order valence-corrected chi connectivity index (χ4v) is 1.66. The molecule has 0 aliphatic rings. The summed E-state index contributed by atoms with van der Waals surface area (Å²) in [6, 6.07) is 6.65. The number of nitrogens with one attached hydrogen (secondary N) is 1. The maximum Gasteiger partial charge on any atom is 0.106 e. The van der Waals surface area contributed by atoms with Gasteiger partial charge in [-0.2, -0.15) is 0 Å². The van der Waals surface area contributed by atoms with Crippen LogP contribution in [0.3, 0.4) is 0 Å². The van der Waals surface area contributed by atoms with Gasteiger partial charge in [0.1, 0.15) is 5.82 Å². The van der Waals surface area contributed by atoms with Gasteiger partial charge in [-0.15, -0.1) is 0 Å². The van der Waals surface area contributed by atoms with Crippen LogP contribution in [0.2, 0.25) is 0 Å². The highest BCUT2D eigenvalue weighted by atomic mass is 14.9. The SMILES string of the molecule is Cc1ccc(CCc2ncc[nH]2)cc1C. The highest BCUT2D eigenvalue weighted by Crippen LogP contribution is 2.11.